The number of carbonyl (C=O) groups is 1. The maximum absolute atomic E-state index is 12.6. The smallest absolute Gasteiger partial charge is 0.255 e. The predicted molar refractivity (Wildman–Crippen MR) is 122 cm³/mol. The molecule has 0 bridgehead atoms. The van der Waals surface area contributed by atoms with Crippen LogP contribution in [0.1, 0.15) is 47.2 Å². The number of benzene rings is 2. The zero-order valence-electron chi connectivity index (χ0n) is 16.7. The Morgan fingerprint density at radius 3 is 2.52 bits per heavy atom. The third-order valence-electron chi connectivity index (χ3n) is 5.62. The third kappa shape index (κ3) is 4.85. The monoisotopic (exact) mass is 451 g/mol. The molecule has 0 saturated carbocycles. The van der Waals surface area contributed by atoms with Crippen molar-refractivity contribution in [2.24, 2.45) is 0 Å². The van der Waals surface area contributed by atoms with E-state index in [1.165, 1.54) is 44.3 Å². The van der Waals surface area contributed by atoms with Gasteiger partial charge in [0, 0.05) is 33.9 Å². The van der Waals surface area contributed by atoms with E-state index in [2.05, 4.69) is 38.3 Å². The maximum atomic E-state index is 12.6. The molecule has 0 aliphatic carbocycles. The molecule has 2 aromatic carbocycles. The number of nitrogens with one attached hydrogen (secondary N) is 1. The summed E-state index contributed by atoms with van der Waals surface area (Å²) in [5.41, 5.74) is 4.63. The van der Waals surface area contributed by atoms with Gasteiger partial charge in [0.2, 0.25) is 0 Å². The van der Waals surface area contributed by atoms with Crippen molar-refractivity contribution in [3.63, 3.8) is 0 Å². The van der Waals surface area contributed by atoms with Gasteiger partial charge in [-0.1, -0.05) is 34.8 Å². The highest BCUT2D eigenvalue weighted by molar-refractivity contribution is 9.10. The van der Waals surface area contributed by atoms with Crippen molar-refractivity contribution in [2.45, 2.75) is 39.2 Å². The molecule has 4 nitrogen and oxygen atoms in total. The molecule has 1 fully saturated rings. The lowest BCUT2D eigenvalue weighted by atomic mass is 10.1. The first kappa shape index (κ1) is 20.0. The first-order valence-electron chi connectivity index (χ1n) is 10.3. The van der Waals surface area contributed by atoms with E-state index in [1.54, 1.807) is 0 Å². The van der Waals surface area contributed by atoms with Crippen LogP contribution in [0.15, 0.2) is 53.1 Å². The van der Waals surface area contributed by atoms with E-state index < -0.39 is 0 Å². The molecule has 5 heteroatoms. The van der Waals surface area contributed by atoms with Gasteiger partial charge < -0.3 is 5.32 Å². The van der Waals surface area contributed by atoms with Gasteiger partial charge in [0.25, 0.3) is 5.91 Å². The van der Waals surface area contributed by atoms with Crippen LogP contribution in [0.25, 0.3) is 10.9 Å². The van der Waals surface area contributed by atoms with Crippen LogP contribution in [0.3, 0.4) is 0 Å². The average molecular weight is 452 g/mol. The molecule has 0 spiro atoms. The molecule has 150 valence electrons. The topological polar surface area (TPSA) is 45.2 Å². The number of hydrogen-bond acceptors (Lipinski definition) is 3. The van der Waals surface area contributed by atoms with Gasteiger partial charge in [-0.25, -0.2) is 0 Å². The molecule has 1 aliphatic rings. The van der Waals surface area contributed by atoms with Gasteiger partial charge in [-0.2, -0.15) is 0 Å². The van der Waals surface area contributed by atoms with E-state index in [-0.39, 0.29) is 5.91 Å². The van der Waals surface area contributed by atoms with Gasteiger partial charge in [0.1, 0.15) is 0 Å². The van der Waals surface area contributed by atoms with E-state index >= 15 is 0 Å². The number of aryl methyl sites for hydroxylation is 1. The summed E-state index contributed by atoms with van der Waals surface area (Å²) in [5.74, 6) is -0.113. The number of nitrogens with zero attached hydrogens (tertiary/aromatic N) is 2. The van der Waals surface area contributed by atoms with Crippen molar-refractivity contribution < 1.29 is 4.79 Å². The summed E-state index contributed by atoms with van der Waals surface area (Å²) in [6.07, 6.45) is 7.27. The van der Waals surface area contributed by atoms with E-state index in [0.717, 1.165) is 33.2 Å². The number of aromatic nitrogens is 1. The van der Waals surface area contributed by atoms with Gasteiger partial charge in [-0.05, 0) is 80.4 Å². The van der Waals surface area contributed by atoms with Crippen LogP contribution in [-0.4, -0.2) is 28.9 Å². The molecule has 4 rings (SSSR count). The highest BCUT2D eigenvalue weighted by Crippen LogP contribution is 2.26. The first-order chi connectivity index (χ1) is 14.1. The molecule has 2 heterocycles. The molecule has 29 heavy (non-hydrogen) atoms. The van der Waals surface area contributed by atoms with Crippen LogP contribution < -0.4 is 5.32 Å². The van der Waals surface area contributed by atoms with Gasteiger partial charge in [-0.3, -0.25) is 14.7 Å². The van der Waals surface area contributed by atoms with Gasteiger partial charge in [0.15, 0.2) is 0 Å². The zero-order valence-corrected chi connectivity index (χ0v) is 18.3. The highest BCUT2D eigenvalue weighted by Gasteiger charge is 2.13. The molecule has 1 N–H and O–H groups in total. The number of halogens is 1. The standard InChI is InChI=1S/C24H26BrN3O/c1-17-22(27-24(29)19-6-9-21(25)10-7-19)11-8-20-14-18(15-26-23(17)20)16-28-12-4-2-3-5-13-28/h6-11,14-15H,2-5,12-13,16H2,1H3,(H,27,29). The van der Waals surface area contributed by atoms with Crippen molar-refractivity contribution in [3.05, 3.63) is 69.8 Å². The minimum absolute atomic E-state index is 0.113. The fourth-order valence-electron chi connectivity index (χ4n) is 3.96. The minimum Gasteiger partial charge on any atom is -0.322 e. The molecule has 1 amide bonds. The van der Waals surface area contributed by atoms with E-state index in [1.807, 2.05) is 43.5 Å². The zero-order chi connectivity index (χ0) is 20.2. The predicted octanol–water partition coefficient (Wildman–Crippen LogP) is 5.93. The lowest BCUT2D eigenvalue weighted by Crippen LogP contribution is -2.24. The van der Waals surface area contributed by atoms with Crippen molar-refractivity contribution in [1.82, 2.24) is 9.88 Å². The Kier molecular flexibility index (Phi) is 6.26. The average Bonchev–Trinajstić information content (AvgIpc) is 2.99. The molecule has 1 aliphatic heterocycles. The Hall–Kier alpha value is -2.24. The molecule has 3 aromatic rings. The second-order valence-electron chi connectivity index (χ2n) is 7.80. The normalized spacial score (nSPS) is 15.2. The van der Waals surface area contributed by atoms with E-state index in [9.17, 15) is 4.79 Å². The fraction of sp³-hybridized carbons (Fsp3) is 0.333. The molecular formula is C24H26BrN3O. The lowest BCUT2D eigenvalue weighted by molar-refractivity contribution is 0.102. The number of fused-ring (bicyclic) bond motifs is 1. The summed E-state index contributed by atoms with van der Waals surface area (Å²) in [6, 6.07) is 13.6. The lowest BCUT2D eigenvalue weighted by Gasteiger charge is -2.20. The largest absolute Gasteiger partial charge is 0.322 e. The third-order valence-corrected chi connectivity index (χ3v) is 6.15. The summed E-state index contributed by atoms with van der Waals surface area (Å²) in [5, 5.41) is 4.14. The van der Waals surface area contributed by atoms with Crippen molar-refractivity contribution in [2.75, 3.05) is 18.4 Å². The summed E-state index contributed by atoms with van der Waals surface area (Å²) >= 11 is 3.40. The van der Waals surface area contributed by atoms with Crippen LogP contribution in [0.5, 0.6) is 0 Å². The summed E-state index contributed by atoms with van der Waals surface area (Å²) in [4.78, 5) is 19.8. The second-order valence-corrected chi connectivity index (χ2v) is 8.72. The fourth-order valence-corrected chi connectivity index (χ4v) is 4.23. The van der Waals surface area contributed by atoms with Crippen LogP contribution in [0.2, 0.25) is 0 Å². The number of rotatable bonds is 4. The molecule has 1 saturated heterocycles. The molecule has 0 radical (unpaired) electrons. The van der Waals surface area contributed by atoms with Crippen LogP contribution in [0, 0.1) is 6.92 Å². The SMILES string of the molecule is Cc1c(NC(=O)c2ccc(Br)cc2)ccc2cc(CN3CCCCCC3)cnc12. The Bertz CT molecular complexity index is 1010. The Morgan fingerprint density at radius 2 is 1.79 bits per heavy atom. The number of likely N-dealkylation sites (tertiary alicyclic amines) is 1. The maximum Gasteiger partial charge on any atom is 0.255 e. The summed E-state index contributed by atoms with van der Waals surface area (Å²) < 4.78 is 0.955. The molecule has 1 aromatic heterocycles. The van der Waals surface area contributed by atoms with Crippen molar-refractivity contribution >= 4 is 38.4 Å². The Balaban J connectivity index is 1.52. The van der Waals surface area contributed by atoms with Gasteiger partial charge in [-0.15, -0.1) is 0 Å². The van der Waals surface area contributed by atoms with Crippen LogP contribution >= 0.6 is 15.9 Å². The van der Waals surface area contributed by atoms with E-state index in [4.69, 9.17) is 4.98 Å². The number of anilines is 1. The first-order valence-corrected chi connectivity index (χ1v) is 11.1. The summed E-state index contributed by atoms with van der Waals surface area (Å²) in [6.45, 7) is 5.33. The molecular weight excluding hydrogens is 426 g/mol. The number of pyridine rings is 1. The number of amides is 1. The Labute approximate surface area is 180 Å². The van der Waals surface area contributed by atoms with Gasteiger partial charge >= 0.3 is 0 Å². The van der Waals surface area contributed by atoms with Crippen molar-refractivity contribution in [3.8, 4) is 0 Å². The molecule has 0 unspecified atom stereocenters. The highest BCUT2D eigenvalue weighted by atomic mass is 79.9. The second kappa shape index (κ2) is 9.06. The minimum atomic E-state index is -0.113. The molecule has 0 atom stereocenters. The Morgan fingerprint density at radius 1 is 1.07 bits per heavy atom. The van der Waals surface area contributed by atoms with Crippen LogP contribution in [-0.2, 0) is 6.54 Å². The quantitative estimate of drug-likeness (QED) is 0.534. The van der Waals surface area contributed by atoms with Gasteiger partial charge in [0.05, 0.1) is 5.52 Å². The number of carbonyl (C=O) groups excluding carboxylic acids is 1. The van der Waals surface area contributed by atoms with Crippen molar-refractivity contribution in [1.29, 1.82) is 0 Å². The number of hydrogen-bond donors (Lipinski definition) is 1. The van der Waals surface area contributed by atoms with Crippen LogP contribution in [0.4, 0.5) is 5.69 Å². The van der Waals surface area contributed by atoms with E-state index in [0.29, 0.717) is 5.56 Å². The summed E-state index contributed by atoms with van der Waals surface area (Å²) in [7, 11) is 0.